The van der Waals surface area contributed by atoms with Crippen molar-refractivity contribution in [3.63, 3.8) is 0 Å². The van der Waals surface area contributed by atoms with Crippen LogP contribution in [0.15, 0.2) is 78.4 Å². The zero-order chi connectivity index (χ0) is 22.7. The second-order valence-corrected chi connectivity index (χ2v) is 8.58. The van der Waals surface area contributed by atoms with Crippen LogP contribution in [-0.2, 0) is 9.59 Å². The Kier molecular flexibility index (Phi) is 6.48. The Balaban J connectivity index is 1.73. The minimum atomic E-state index is -0.342. The van der Waals surface area contributed by atoms with Gasteiger partial charge in [-0.05, 0) is 68.5 Å². The van der Waals surface area contributed by atoms with Crippen LogP contribution in [-0.4, -0.2) is 39.8 Å². The van der Waals surface area contributed by atoms with Crippen molar-refractivity contribution in [2.24, 2.45) is 0 Å². The summed E-state index contributed by atoms with van der Waals surface area (Å²) in [7, 11) is 0. The van der Waals surface area contributed by atoms with Crippen molar-refractivity contribution < 1.29 is 9.59 Å². The summed E-state index contributed by atoms with van der Waals surface area (Å²) in [6.45, 7) is 4.55. The molecule has 2 heterocycles. The number of anilines is 3. The van der Waals surface area contributed by atoms with E-state index in [4.69, 9.17) is 12.2 Å². The monoisotopic (exact) mass is 461 g/mol. The highest BCUT2D eigenvalue weighted by Crippen LogP contribution is 2.39. The Morgan fingerprint density at radius 2 is 1.31 bits per heavy atom. The van der Waals surface area contributed by atoms with E-state index in [1.165, 1.54) is 21.1 Å². The lowest BCUT2D eigenvalue weighted by molar-refractivity contribution is -0.133. The van der Waals surface area contributed by atoms with Crippen molar-refractivity contribution in [1.29, 1.82) is 0 Å². The smallest absolute Gasteiger partial charge is 0.265 e. The van der Waals surface area contributed by atoms with Gasteiger partial charge in [-0.2, -0.15) is 0 Å². The lowest BCUT2D eigenvalue weighted by Gasteiger charge is -2.35. The molecule has 0 unspecified atom stereocenters. The van der Waals surface area contributed by atoms with Crippen LogP contribution >= 0.6 is 23.6 Å². The fourth-order valence-electron chi connectivity index (χ4n) is 3.62. The molecule has 2 amide bonds. The van der Waals surface area contributed by atoms with Crippen LogP contribution in [0.25, 0.3) is 6.08 Å². The van der Waals surface area contributed by atoms with Crippen molar-refractivity contribution in [1.82, 2.24) is 9.80 Å². The first-order valence-electron chi connectivity index (χ1n) is 10.4. The average molecular weight is 462 g/mol. The molecule has 0 aliphatic carbocycles. The van der Waals surface area contributed by atoms with Crippen LogP contribution in [0.2, 0.25) is 0 Å². The minimum Gasteiger partial charge on any atom is -0.302 e. The molecular weight excluding hydrogens is 438 g/mol. The maximum Gasteiger partial charge on any atom is 0.265 e. The van der Waals surface area contributed by atoms with E-state index in [0.29, 0.717) is 13.1 Å². The SMILES string of the molecule is CCN1C(=O)C(=Cc2ccc(N(c3ccccc3)c3ccccc3)s2)C(=O)N(CC)C1=S. The number of para-hydroxylation sites is 2. The highest BCUT2D eigenvalue weighted by molar-refractivity contribution is 7.80. The van der Waals surface area contributed by atoms with Crippen LogP contribution < -0.4 is 4.90 Å². The molecule has 162 valence electrons. The van der Waals surface area contributed by atoms with Gasteiger partial charge in [-0.1, -0.05) is 36.4 Å². The zero-order valence-electron chi connectivity index (χ0n) is 17.9. The first-order valence-corrected chi connectivity index (χ1v) is 11.7. The number of carbonyl (C=O) groups excluding carboxylic acids is 2. The summed E-state index contributed by atoms with van der Waals surface area (Å²) in [5.74, 6) is -0.685. The van der Waals surface area contributed by atoms with Crippen LogP contribution in [0.4, 0.5) is 16.4 Å². The van der Waals surface area contributed by atoms with E-state index in [2.05, 4.69) is 29.2 Å². The number of likely N-dealkylation sites (N-methyl/N-ethyl adjacent to an activating group) is 2. The molecule has 0 radical (unpaired) electrons. The quantitative estimate of drug-likeness (QED) is 0.272. The highest BCUT2D eigenvalue weighted by atomic mass is 32.1. The predicted octanol–water partition coefficient (Wildman–Crippen LogP) is 5.60. The number of nitrogens with zero attached hydrogens (tertiary/aromatic N) is 3. The van der Waals surface area contributed by atoms with Crippen LogP contribution in [0.3, 0.4) is 0 Å². The number of carbonyl (C=O) groups is 2. The van der Waals surface area contributed by atoms with E-state index >= 15 is 0 Å². The molecule has 1 saturated heterocycles. The van der Waals surface area contributed by atoms with Crippen LogP contribution in [0.5, 0.6) is 0 Å². The topological polar surface area (TPSA) is 43.9 Å². The maximum absolute atomic E-state index is 12.9. The largest absolute Gasteiger partial charge is 0.302 e. The van der Waals surface area contributed by atoms with Gasteiger partial charge in [0.05, 0.1) is 0 Å². The van der Waals surface area contributed by atoms with Gasteiger partial charge in [0.25, 0.3) is 11.8 Å². The van der Waals surface area contributed by atoms with Gasteiger partial charge >= 0.3 is 0 Å². The molecule has 0 atom stereocenters. The van der Waals surface area contributed by atoms with Gasteiger partial charge in [-0.25, -0.2) is 0 Å². The molecule has 4 rings (SSSR count). The van der Waals surface area contributed by atoms with Gasteiger partial charge in [-0.3, -0.25) is 19.4 Å². The third-order valence-corrected chi connectivity index (χ3v) is 6.65. The van der Waals surface area contributed by atoms with Crippen molar-refractivity contribution in [3.8, 4) is 0 Å². The molecule has 1 aliphatic heterocycles. The normalized spacial score (nSPS) is 14.2. The molecule has 0 saturated carbocycles. The number of thiophene rings is 1. The summed E-state index contributed by atoms with van der Waals surface area (Å²) in [4.78, 5) is 31.8. The first kappa shape index (κ1) is 21.9. The van der Waals surface area contributed by atoms with E-state index < -0.39 is 0 Å². The summed E-state index contributed by atoms with van der Waals surface area (Å²) in [5, 5.41) is 1.26. The molecule has 1 fully saturated rings. The molecule has 7 heteroatoms. The molecule has 32 heavy (non-hydrogen) atoms. The van der Waals surface area contributed by atoms with Crippen molar-refractivity contribution >= 4 is 62.9 Å². The van der Waals surface area contributed by atoms with Crippen molar-refractivity contribution in [2.45, 2.75) is 13.8 Å². The van der Waals surface area contributed by atoms with Gasteiger partial charge in [0.2, 0.25) is 0 Å². The molecular formula is C25H23N3O2S2. The summed E-state index contributed by atoms with van der Waals surface area (Å²) in [6.07, 6.45) is 1.68. The molecule has 3 aromatic rings. The molecule has 1 aliphatic rings. The van der Waals surface area contributed by atoms with Crippen molar-refractivity contribution in [2.75, 3.05) is 18.0 Å². The Hall–Kier alpha value is -3.29. The molecule has 0 spiro atoms. The number of thiocarbonyl (C=S) groups is 1. The van der Waals surface area contributed by atoms with E-state index in [1.54, 1.807) is 6.08 Å². The fraction of sp³-hybridized carbons (Fsp3) is 0.160. The van der Waals surface area contributed by atoms with E-state index in [9.17, 15) is 9.59 Å². The van der Waals surface area contributed by atoms with Gasteiger partial charge < -0.3 is 4.90 Å². The summed E-state index contributed by atoms with van der Waals surface area (Å²) in [6, 6.07) is 24.1. The fourth-order valence-corrected chi connectivity index (χ4v) is 5.04. The minimum absolute atomic E-state index is 0.140. The molecule has 0 N–H and O–H groups in total. The zero-order valence-corrected chi connectivity index (χ0v) is 19.5. The average Bonchev–Trinajstić information content (AvgIpc) is 3.27. The van der Waals surface area contributed by atoms with E-state index in [1.807, 2.05) is 62.4 Å². The Morgan fingerprint density at radius 3 is 1.78 bits per heavy atom. The highest BCUT2D eigenvalue weighted by Gasteiger charge is 2.37. The van der Waals surface area contributed by atoms with Crippen LogP contribution in [0.1, 0.15) is 18.7 Å². The summed E-state index contributed by atoms with van der Waals surface area (Å²) in [5.41, 5.74) is 2.20. The maximum atomic E-state index is 12.9. The number of benzene rings is 2. The first-order chi connectivity index (χ1) is 15.5. The Morgan fingerprint density at radius 1 is 0.812 bits per heavy atom. The lowest BCUT2D eigenvalue weighted by Crippen LogP contribution is -2.55. The third-order valence-electron chi connectivity index (χ3n) is 5.19. The van der Waals surface area contributed by atoms with E-state index in [0.717, 1.165) is 21.3 Å². The molecule has 0 bridgehead atoms. The molecule has 5 nitrogen and oxygen atoms in total. The summed E-state index contributed by atoms with van der Waals surface area (Å²) >= 11 is 6.87. The van der Waals surface area contributed by atoms with Gasteiger partial charge in [0.15, 0.2) is 5.11 Å². The lowest BCUT2D eigenvalue weighted by atomic mass is 10.1. The van der Waals surface area contributed by atoms with Gasteiger partial charge in [-0.15, -0.1) is 11.3 Å². The van der Waals surface area contributed by atoms with Crippen molar-refractivity contribution in [3.05, 3.63) is 83.2 Å². The summed E-state index contributed by atoms with van der Waals surface area (Å²) < 4.78 is 0. The third kappa shape index (κ3) is 4.09. The molecule has 2 aromatic carbocycles. The van der Waals surface area contributed by atoms with Crippen LogP contribution in [0, 0.1) is 0 Å². The van der Waals surface area contributed by atoms with Gasteiger partial charge in [0.1, 0.15) is 10.6 Å². The number of hydrogen-bond acceptors (Lipinski definition) is 5. The predicted molar refractivity (Wildman–Crippen MR) is 134 cm³/mol. The van der Waals surface area contributed by atoms with Gasteiger partial charge in [0, 0.05) is 29.3 Å². The Bertz CT molecular complexity index is 1100. The number of hydrogen-bond donors (Lipinski definition) is 0. The molecule has 1 aromatic heterocycles. The second-order valence-electron chi connectivity index (χ2n) is 7.12. The number of rotatable bonds is 6. The Labute approximate surface area is 197 Å². The number of amides is 2. The van der Waals surface area contributed by atoms with E-state index in [-0.39, 0.29) is 22.5 Å². The second kappa shape index (κ2) is 9.46. The standard InChI is InChI=1S/C25H23N3O2S2/c1-3-26-23(29)21(24(30)27(4-2)25(26)31)17-20-15-16-22(32-20)28(18-11-7-5-8-12-18)19-13-9-6-10-14-19/h5-17H,3-4H2,1-2H3.